The smallest absolute Gasteiger partial charge is 0.0291 e. The van der Waals surface area contributed by atoms with Gasteiger partial charge in [0.25, 0.3) is 0 Å². The second-order valence-corrected chi connectivity index (χ2v) is 25.9. The lowest BCUT2D eigenvalue weighted by molar-refractivity contribution is 0.161. The predicted molar refractivity (Wildman–Crippen MR) is 306 cm³/mol. The lowest BCUT2D eigenvalue weighted by Crippen LogP contribution is -2.44. The molecule has 5 heteroatoms. The molecule has 2 saturated heterocycles. The summed E-state index contributed by atoms with van der Waals surface area (Å²) in [7, 11) is 0. The van der Waals surface area contributed by atoms with Crippen LogP contribution in [0.2, 0.25) is 0 Å². The second-order valence-electron chi connectivity index (χ2n) is 25.9. The maximum Gasteiger partial charge on any atom is 0.0291 e. The molecule has 8 aliphatic carbocycles. The van der Waals surface area contributed by atoms with Crippen LogP contribution in [0.25, 0.3) is 0 Å². The summed E-state index contributed by atoms with van der Waals surface area (Å²) >= 11 is 0. The van der Waals surface area contributed by atoms with Crippen molar-refractivity contribution in [2.45, 2.75) is 205 Å². The second kappa shape index (κ2) is 24.9. The van der Waals surface area contributed by atoms with Crippen LogP contribution in [0.4, 0.5) is 0 Å². The van der Waals surface area contributed by atoms with E-state index in [9.17, 15) is 0 Å². The van der Waals surface area contributed by atoms with Gasteiger partial charge in [-0.25, -0.2) is 0 Å². The number of hydrogen-bond donors (Lipinski definition) is 5. The quantitative estimate of drug-likeness (QED) is 0.0992. The maximum atomic E-state index is 7.48. The number of nitrogens with two attached hydrogens (primary N) is 3. The summed E-state index contributed by atoms with van der Waals surface area (Å²) in [5, 5.41) is 7.62. The Kier molecular flexibility index (Phi) is 18.2. The summed E-state index contributed by atoms with van der Waals surface area (Å²) < 4.78 is 0. The first-order valence-electron chi connectivity index (χ1n) is 30.7. The Bertz CT molecular complexity index is 2130. The van der Waals surface area contributed by atoms with E-state index in [0.717, 1.165) is 31.1 Å². The Labute approximate surface area is 439 Å². The number of allylic oxidation sites excluding steroid dienone is 14. The molecule has 0 aromatic carbocycles. The van der Waals surface area contributed by atoms with Crippen molar-refractivity contribution in [3.05, 3.63) is 119 Å². The van der Waals surface area contributed by atoms with Gasteiger partial charge in [0, 0.05) is 30.2 Å². The standard InChI is InChI=1S/C67H101N5/c1-4-13-63(68)52-22-7-17-47(33-52)58-38-57(39-61(41-58)51-21-11-26-56(37-51)67-28-30-72-67)46-16-6-15-45(32-46)44(3)31-65(70)54-24-9-19-49(35-54)60-40-59(48-18-8-23-53(34-48)64(69)14-5-2)42-62(43-60)50-20-10-25-55(36-50)66-27-12-29-71-66/h4-5,9-10,13-14,16,19,25,34-35,37,39,42,44-45,47,50-55,57-58,60,62-67,71-72H,6-8,11-12,15,17-18,20-24,26-33,36,38,40-41,43,68-70H2,1-3H3/b13-4-,14-5-/t44-,45?,47?,50?,51?,52?,53?,54?,55-,57?,58-,60+,62?,63?,64?,65+,66?,67?/m0/s1. The van der Waals surface area contributed by atoms with Crippen LogP contribution >= 0.6 is 0 Å². The lowest BCUT2D eigenvalue weighted by atomic mass is 9.63. The largest absolute Gasteiger partial charge is 0.327 e. The van der Waals surface area contributed by atoms with E-state index in [0.29, 0.717) is 77.2 Å². The number of rotatable bonds is 16. The molecule has 13 unspecified atom stereocenters. The van der Waals surface area contributed by atoms with Crippen LogP contribution in [-0.2, 0) is 0 Å². The highest BCUT2D eigenvalue weighted by molar-refractivity contribution is 5.40. The predicted octanol–water partition coefficient (Wildman–Crippen LogP) is 14.2. The van der Waals surface area contributed by atoms with Gasteiger partial charge in [-0.2, -0.15) is 0 Å². The number of hydrogen-bond acceptors (Lipinski definition) is 5. The van der Waals surface area contributed by atoms with Gasteiger partial charge in [-0.3, -0.25) is 0 Å². The molecule has 18 atom stereocenters. The van der Waals surface area contributed by atoms with E-state index in [4.69, 9.17) is 17.2 Å². The topological polar surface area (TPSA) is 102 Å². The molecule has 10 rings (SSSR count). The Morgan fingerprint density at radius 3 is 2.28 bits per heavy atom. The van der Waals surface area contributed by atoms with Crippen molar-refractivity contribution in [2.75, 3.05) is 13.1 Å². The normalized spacial score (nSPS) is 39.5. The molecule has 0 aromatic heterocycles. The van der Waals surface area contributed by atoms with Gasteiger partial charge in [0.15, 0.2) is 0 Å². The minimum Gasteiger partial charge on any atom is -0.327 e. The summed E-state index contributed by atoms with van der Waals surface area (Å²) in [5.74, 6) is 8.18. The van der Waals surface area contributed by atoms with E-state index < -0.39 is 0 Å². The van der Waals surface area contributed by atoms with Crippen LogP contribution < -0.4 is 27.8 Å². The first-order valence-corrected chi connectivity index (χ1v) is 30.7. The highest BCUT2D eigenvalue weighted by Gasteiger charge is 2.40. The third-order valence-corrected chi connectivity index (χ3v) is 21.3. The van der Waals surface area contributed by atoms with Crippen molar-refractivity contribution in [2.24, 2.45) is 94.1 Å². The van der Waals surface area contributed by atoms with Crippen LogP contribution in [-0.4, -0.2) is 43.3 Å². The third-order valence-electron chi connectivity index (χ3n) is 21.3. The van der Waals surface area contributed by atoms with Crippen molar-refractivity contribution in [3.63, 3.8) is 0 Å². The molecule has 0 aromatic rings. The van der Waals surface area contributed by atoms with Crippen LogP contribution in [0, 0.1) is 76.9 Å². The van der Waals surface area contributed by atoms with Crippen LogP contribution in [0.1, 0.15) is 175 Å². The van der Waals surface area contributed by atoms with Gasteiger partial charge < -0.3 is 27.8 Å². The molecule has 2 heterocycles. The summed E-state index contributed by atoms with van der Waals surface area (Å²) in [6.45, 7) is 9.20. The average molecular weight is 977 g/mol. The zero-order chi connectivity index (χ0) is 49.6. The van der Waals surface area contributed by atoms with E-state index in [1.807, 2.05) is 0 Å². The molecule has 0 bridgehead atoms. The zero-order valence-corrected chi connectivity index (χ0v) is 45.6. The van der Waals surface area contributed by atoms with Gasteiger partial charge in [-0.1, -0.05) is 122 Å². The highest BCUT2D eigenvalue weighted by Crippen LogP contribution is 2.50. The van der Waals surface area contributed by atoms with Crippen molar-refractivity contribution in [3.8, 4) is 0 Å². The molecule has 2 aliphatic heterocycles. The minimum atomic E-state index is 0.110. The molecule has 0 spiro atoms. The molecule has 1 saturated carbocycles. The van der Waals surface area contributed by atoms with Gasteiger partial charge in [0.1, 0.15) is 0 Å². The molecular formula is C67H101N5. The van der Waals surface area contributed by atoms with Gasteiger partial charge in [-0.15, -0.1) is 0 Å². The molecule has 8 N–H and O–H groups in total. The molecule has 0 amide bonds. The highest BCUT2D eigenvalue weighted by atomic mass is 15.0. The van der Waals surface area contributed by atoms with Crippen LogP contribution in [0.5, 0.6) is 0 Å². The van der Waals surface area contributed by atoms with E-state index in [1.165, 1.54) is 148 Å². The monoisotopic (exact) mass is 976 g/mol. The fourth-order valence-electron chi connectivity index (χ4n) is 16.9. The van der Waals surface area contributed by atoms with Gasteiger partial charge in [-0.05, 0) is 262 Å². The van der Waals surface area contributed by atoms with Gasteiger partial charge in [0.2, 0.25) is 0 Å². The van der Waals surface area contributed by atoms with Crippen molar-refractivity contribution in [1.82, 2.24) is 10.6 Å². The van der Waals surface area contributed by atoms with Crippen molar-refractivity contribution >= 4 is 0 Å². The molecule has 10 aliphatic rings. The molecule has 0 radical (unpaired) electrons. The van der Waals surface area contributed by atoms with E-state index in [2.05, 4.69) is 116 Å². The van der Waals surface area contributed by atoms with Gasteiger partial charge >= 0.3 is 0 Å². The lowest BCUT2D eigenvalue weighted by Gasteiger charge is -2.43. The zero-order valence-electron chi connectivity index (χ0n) is 45.6. The van der Waals surface area contributed by atoms with E-state index >= 15 is 0 Å². The molecule has 3 fully saturated rings. The molecule has 72 heavy (non-hydrogen) atoms. The summed E-state index contributed by atoms with van der Waals surface area (Å²) in [6.07, 6.45) is 66.0. The fraction of sp³-hybridized carbons (Fsp3) is 0.701. The first-order chi connectivity index (χ1) is 35.2. The number of nitrogens with one attached hydrogen (secondary N) is 2. The van der Waals surface area contributed by atoms with Crippen LogP contribution in [0.3, 0.4) is 0 Å². The van der Waals surface area contributed by atoms with Gasteiger partial charge in [0.05, 0.1) is 0 Å². The van der Waals surface area contributed by atoms with Crippen molar-refractivity contribution in [1.29, 1.82) is 0 Å². The third kappa shape index (κ3) is 12.7. The average Bonchev–Trinajstić information content (AvgIpc) is 3.96. The Hall–Kier alpha value is -2.80. The summed E-state index contributed by atoms with van der Waals surface area (Å²) in [6, 6.07) is 1.82. The summed E-state index contributed by atoms with van der Waals surface area (Å²) in [5.41, 5.74) is 31.2. The Morgan fingerprint density at radius 2 is 1.46 bits per heavy atom. The fourth-order valence-corrected chi connectivity index (χ4v) is 16.9. The Morgan fingerprint density at radius 1 is 0.611 bits per heavy atom. The summed E-state index contributed by atoms with van der Waals surface area (Å²) in [4.78, 5) is 0. The van der Waals surface area contributed by atoms with E-state index in [-0.39, 0.29) is 18.1 Å². The van der Waals surface area contributed by atoms with Crippen molar-refractivity contribution < 1.29 is 0 Å². The minimum absolute atomic E-state index is 0.110. The van der Waals surface area contributed by atoms with E-state index in [1.54, 1.807) is 33.4 Å². The SMILES string of the molecule is C/C=C\C(N)C1C=C(C2=CC(C3CC=C[C@H](C4CCCN4)C3)C[C@H](C3=CC([C@H](N)C[C@H](C)C4CCC=C(C5C=C(C6C=C(C7CCN7)CCC6)C[C@@H](C6CCCC(C(N)/C=C\C)C6)C5)C4)CC=C3)C2)CCC1. The maximum absolute atomic E-state index is 7.48. The van der Waals surface area contributed by atoms with Crippen LogP contribution in [0.15, 0.2) is 119 Å². The first kappa shape index (κ1) is 52.6. The molecule has 5 nitrogen and oxygen atoms in total. The molecule has 394 valence electrons. The Balaban J connectivity index is 0.823. The molecular weight excluding hydrogens is 875 g/mol.